The summed E-state index contributed by atoms with van der Waals surface area (Å²) in [6.07, 6.45) is 4.23. The number of hydrogen-bond donors (Lipinski definition) is 2. The number of piperazine rings is 1. The molecule has 0 bridgehead atoms. The number of sulfonamides is 1. The average molecular weight is 608 g/mol. The highest BCUT2D eigenvalue weighted by atomic mass is 32.2. The molecule has 3 aromatic rings. The van der Waals surface area contributed by atoms with E-state index >= 15 is 0 Å². The van der Waals surface area contributed by atoms with Crippen LogP contribution >= 0.6 is 0 Å². The number of nitrogens with one attached hydrogen (secondary N) is 2. The number of rotatable bonds is 10. The Balaban J connectivity index is 1.46. The number of anilines is 6. The molecule has 1 aromatic heterocycles. The number of benzene rings is 2. The monoisotopic (exact) mass is 607 g/mol. The molecule has 1 saturated heterocycles. The zero-order valence-electron chi connectivity index (χ0n) is 25.6. The first-order chi connectivity index (χ1) is 20.6. The fourth-order valence-corrected chi connectivity index (χ4v) is 6.29. The van der Waals surface area contributed by atoms with E-state index in [2.05, 4.69) is 64.2 Å². The van der Waals surface area contributed by atoms with E-state index in [1.54, 1.807) is 38.3 Å². The van der Waals surface area contributed by atoms with Crippen molar-refractivity contribution in [1.82, 2.24) is 14.9 Å². The van der Waals surface area contributed by atoms with Gasteiger partial charge in [0.25, 0.3) is 0 Å². The third-order valence-corrected chi connectivity index (χ3v) is 9.96. The van der Waals surface area contributed by atoms with Gasteiger partial charge < -0.3 is 29.9 Å². The van der Waals surface area contributed by atoms with Crippen molar-refractivity contribution >= 4 is 50.6 Å². The van der Waals surface area contributed by atoms with Gasteiger partial charge in [0, 0.05) is 56.4 Å². The summed E-state index contributed by atoms with van der Waals surface area (Å²) in [4.78, 5) is 14.1. The normalized spacial score (nSPS) is 15.3. The van der Waals surface area contributed by atoms with Crippen molar-refractivity contribution in [2.45, 2.75) is 32.4 Å². The SMILES string of the molecule is C=Cc1cnc(Nc2ccc(N3CCN(C)CC3)c(CC)c2)nc1Nc1ccc2c(c1N(C)S(=O)(=O)C(C)C)OCCO2. The quantitative estimate of drug-likeness (QED) is 0.331. The standard InChI is InChI=1S/C31H41N7O4S/c1-7-22-19-24(9-11-26(22)38-15-13-36(5)14-16-38)33-31-32-20-23(8-2)30(35-31)34-25-10-12-27-29(42-18-17-41-27)28(25)37(6)43(39,40)21(3)4/h8-12,19-21H,2,7,13-18H2,1,3-6H3,(H2,32,33,34,35). The van der Waals surface area contributed by atoms with Crippen LogP contribution in [0.15, 0.2) is 43.1 Å². The van der Waals surface area contributed by atoms with Crippen molar-refractivity contribution in [3.05, 3.63) is 54.2 Å². The molecule has 0 unspecified atom stereocenters. The molecule has 0 saturated carbocycles. The molecule has 11 nitrogen and oxygen atoms in total. The van der Waals surface area contributed by atoms with Crippen LogP contribution < -0.4 is 29.3 Å². The van der Waals surface area contributed by atoms with E-state index < -0.39 is 15.3 Å². The van der Waals surface area contributed by atoms with Gasteiger partial charge in [0.15, 0.2) is 11.5 Å². The predicted molar refractivity (Wildman–Crippen MR) is 174 cm³/mol. The van der Waals surface area contributed by atoms with Gasteiger partial charge in [-0.25, -0.2) is 13.4 Å². The number of nitrogens with zero attached hydrogens (tertiary/aromatic N) is 5. The number of aryl methyl sites for hydroxylation is 1. The molecule has 2 N–H and O–H groups in total. The van der Waals surface area contributed by atoms with Crippen LogP contribution in [0.1, 0.15) is 31.9 Å². The smallest absolute Gasteiger partial charge is 0.237 e. The molecule has 0 spiro atoms. The maximum atomic E-state index is 13.2. The van der Waals surface area contributed by atoms with Gasteiger partial charge in [0.2, 0.25) is 16.0 Å². The summed E-state index contributed by atoms with van der Waals surface area (Å²) in [5.41, 5.74) is 4.90. The lowest BCUT2D eigenvalue weighted by Gasteiger charge is -2.35. The second kappa shape index (κ2) is 12.7. The van der Waals surface area contributed by atoms with E-state index in [1.807, 2.05) is 0 Å². The minimum Gasteiger partial charge on any atom is -0.486 e. The Labute approximate surface area is 254 Å². The molecule has 0 amide bonds. The molecule has 2 aliphatic rings. The molecular formula is C31H41N7O4S. The van der Waals surface area contributed by atoms with Crippen LogP contribution in [-0.2, 0) is 16.4 Å². The van der Waals surface area contributed by atoms with E-state index in [9.17, 15) is 8.42 Å². The molecule has 12 heteroatoms. The average Bonchev–Trinajstić information content (AvgIpc) is 3.01. The van der Waals surface area contributed by atoms with Gasteiger partial charge in [-0.1, -0.05) is 19.6 Å². The molecule has 1 fully saturated rings. The Morgan fingerprint density at radius 2 is 1.84 bits per heavy atom. The van der Waals surface area contributed by atoms with E-state index in [0.717, 1.165) is 38.3 Å². The maximum absolute atomic E-state index is 13.2. The number of fused-ring (bicyclic) bond motifs is 1. The summed E-state index contributed by atoms with van der Waals surface area (Å²) >= 11 is 0. The molecule has 2 aromatic carbocycles. The highest BCUT2D eigenvalue weighted by Gasteiger charge is 2.31. The maximum Gasteiger partial charge on any atom is 0.237 e. The fraction of sp³-hybridized carbons (Fsp3) is 0.419. The Kier molecular flexibility index (Phi) is 8.97. The zero-order valence-corrected chi connectivity index (χ0v) is 26.4. The van der Waals surface area contributed by atoms with Crippen molar-refractivity contribution in [1.29, 1.82) is 0 Å². The van der Waals surface area contributed by atoms with Crippen LogP contribution in [-0.4, -0.2) is 82.0 Å². The zero-order chi connectivity index (χ0) is 30.7. The second-order valence-electron chi connectivity index (χ2n) is 11.0. The number of likely N-dealkylation sites (N-methyl/N-ethyl adjacent to an activating group) is 1. The van der Waals surface area contributed by atoms with Crippen molar-refractivity contribution in [2.75, 3.05) is 73.3 Å². The van der Waals surface area contributed by atoms with Crippen molar-refractivity contribution in [2.24, 2.45) is 0 Å². The molecule has 43 heavy (non-hydrogen) atoms. The first-order valence-electron chi connectivity index (χ1n) is 14.6. The number of aromatic nitrogens is 2. The molecule has 0 radical (unpaired) electrons. The minimum absolute atomic E-state index is 0.311. The lowest BCUT2D eigenvalue weighted by molar-refractivity contribution is 0.172. The predicted octanol–water partition coefficient (Wildman–Crippen LogP) is 4.87. The summed E-state index contributed by atoms with van der Waals surface area (Å²) in [6.45, 7) is 14.2. The van der Waals surface area contributed by atoms with Gasteiger partial charge in [-0.2, -0.15) is 4.98 Å². The van der Waals surface area contributed by atoms with Crippen LogP contribution in [0.4, 0.5) is 34.5 Å². The van der Waals surface area contributed by atoms with Gasteiger partial charge in [0.1, 0.15) is 24.7 Å². The van der Waals surface area contributed by atoms with Crippen LogP contribution in [0.3, 0.4) is 0 Å². The van der Waals surface area contributed by atoms with Crippen LogP contribution in [0.2, 0.25) is 0 Å². The van der Waals surface area contributed by atoms with Crippen molar-refractivity contribution < 1.29 is 17.9 Å². The van der Waals surface area contributed by atoms with Gasteiger partial charge in [-0.15, -0.1) is 0 Å². The third kappa shape index (κ3) is 6.35. The van der Waals surface area contributed by atoms with Crippen molar-refractivity contribution in [3.8, 4) is 11.5 Å². The van der Waals surface area contributed by atoms with E-state index in [0.29, 0.717) is 53.4 Å². The molecule has 230 valence electrons. The molecule has 0 atom stereocenters. The summed E-state index contributed by atoms with van der Waals surface area (Å²) < 4.78 is 39.4. The number of hydrogen-bond acceptors (Lipinski definition) is 10. The summed E-state index contributed by atoms with van der Waals surface area (Å²) in [6, 6.07) is 9.89. The van der Waals surface area contributed by atoms with Gasteiger partial charge >= 0.3 is 0 Å². The Hall–Kier alpha value is -4.03. The highest BCUT2D eigenvalue weighted by Crippen LogP contribution is 2.46. The van der Waals surface area contributed by atoms with Crippen LogP contribution in [0.25, 0.3) is 6.08 Å². The lowest BCUT2D eigenvalue weighted by atomic mass is 10.1. The molecule has 5 rings (SSSR count). The van der Waals surface area contributed by atoms with E-state index in [4.69, 9.17) is 14.5 Å². The molecular weight excluding hydrogens is 566 g/mol. The largest absolute Gasteiger partial charge is 0.486 e. The lowest BCUT2D eigenvalue weighted by Crippen LogP contribution is -2.44. The Bertz CT molecular complexity index is 1590. The number of ether oxygens (including phenoxy) is 2. The Morgan fingerprint density at radius 1 is 1.09 bits per heavy atom. The van der Waals surface area contributed by atoms with Gasteiger partial charge in [-0.05, 0) is 63.2 Å². The third-order valence-electron chi connectivity index (χ3n) is 7.83. The van der Waals surface area contributed by atoms with Crippen molar-refractivity contribution in [3.63, 3.8) is 0 Å². The summed E-state index contributed by atoms with van der Waals surface area (Å²) in [7, 11) is 0.00213. The van der Waals surface area contributed by atoms with E-state index in [1.165, 1.54) is 22.6 Å². The van der Waals surface area contributed by atoms with Crippen LogP contribution in [0.5, 0.6) is 11.5 Å². The molecule has 3 heterocycles. The molecule has 2 aliphatic heterocycles. The first kappa shape index (κ1) is 30.4. The Morgan fingerprint density at radius 3 is 2.53 bits per heavy atom. The van der Waals surface area contributed by atoms with Crippen LogP contribution in [0, 0.1) is 0 Å². The van der Waals surface area contributed by atoms with Gasteiger partial charge in [0.05, 0.1) is 10.9 Å². The summed E-state index contributed by atoms with van der Waals surface area (Å²) in [5, 5.41) is 6.03. The second-order valence-corrected chi connectivity index (χ2v) is 13.5. The first-order valence-corrected chi connectivity index (χ1v) is 16.1. The topological polar surface area (TPSA) is 112 Å². The van der Waals surface area contributed by atoms with Gasteiger partial charge in [-0.3, -0.25) is 4.31 Å². The molecule has 0 aliphatic carbocycles. The minimum atomic E-state index is -3.68. The summed E-state index contributed by atoms with van der Waals surface area (Å²) in [5.74, 6) is 1.71. The fourth-order valence-electron chi connectivity index (χ4n) is 5.22. The highest BCUT2D eigenvalue weighted by molar-refractivity contribution is 7.93. The van der Waals surface area contributed by atoms with E-state index in [-0.39, 0.29) is 0 Å².